The molecule has 6 nitrogen and oxygen atoms in total. The van der Waals surface area contributed by atoms with E-state index in [4.69, 9.17) is 4.74 Å². The zero-order valence-electron chi connectivity index (χ0n) is 11.8. The predicted molar refractivity (Wildman–Crippen MR) is 72.6 cm³/mol. The minimum Gasteiger partial charge on any atom is -0.385 e. The van der Waals surface area contributed by atoms with E-state index in [-0.39, 0.29) is 11.9 Å². The molecule has 0 saturated heterocycles. The van der Waals surface area contributed by atoms with Gasteiger partial charge in [0.1, 0.15) is 5.82 Å². The second-order valence-corrected chi connectivity index (χ2v) is 4.34. The van der Waals surface area contributed by atoms with Crippen LogP contribution >= 0.6 is 0 Å². The number of aryl methyl sites for hydroxylation is 1. The maximum absolute atomic E-state index is 11.7. The number of hydrogen-bond acceptors (Lipinski definition) is 5. The van der Waals surface area contributed by atoms with E-state index >= 15 is 0 Å². The third-order valence-corrected chi connectivity index (χ3v) is 2.64. The molecule has 0 radical (unpaired) electrons. The fourth-order valence-electron chi connectivity index (χ4n) is 1.54. The van der Waals surface area contributed by atoms with Gasteiger partial charge in [0.2, 0.25) is 5.91 Å². The first-order valence-electron chi connectivity index (χ1n) is 6.42. The largest absolute Gasteiger partial charge is 0.385 e. The summed E-state index contributed by atoms with van der Waals surface area (Å²) in [5.41, 5.74) is 0.881. The Balaban J connectivity index is 2.26. The van der Waals surface area contributed by atoms with Gasteiger partial charge in [0, 0.05) is 33.0 Å². The molecule has 2 N–H and O–H groups in total. The molecule has 1 unspecified atom stereocenters. The predicted octanol–water partition coefficient (Wildman–Crippen LogP) is 0.416. The fraction of sp³-hybridized carbons (Fsp3) is 0.615. The number of hydrogen-bond donors (Lipinski definition) is 2. The molecule has 0 aliphatic carbocycles. The van der Waals surface area contributed by atoms with Crippen molar-refractivity contribution >= 4 is 5.91 Å². The number of amides is 1. The van der Waals surface area contributed by atoms with Gasteiger partial charge in [0.05, 0.1) is 11.7 Å². The number of ether oxygens (including phenoxy) is 1. The Morgan fingerprint density at radius 2 is 2.32 bits per heavy atom. The van der Waals surface area contributed by atoms with Gasteiger partial charge in [0.15, 0.2) is 0 Å². The average Bonchev–Trinajstić information content (AvgIpc) is 2.41. The molecule has 0 saturated carbocycles. The van der Waals surface area contributed by atoms with Gasteiger partial charge < -0.3 is 15.4 Å². The first kappa shape index (κ1) is 15.5. The minimum absolute atomic E-state index is 0.0121. The zero-order valence-corrected chi connectivity index (χ0v) is 11.8. The second-order valence-electron chi connectivity index (χ2n) is 4.34. The van der Waals surface area contributed by atoms with E-state index in [1.807, 2.05) is 19.9 Å². The van der Waals surface area contributed by atoms with Crippen LogP contribution in [0.4, 0.5) is 0 Å². The van der Waals surface area contributed by atoms with Crippen molar-refractivity contribution in [2.45, 2.75) is 32.9 Å². The van der Waals surface area contributed by atoms with Crippen LogP contribution < -0.4 is 10.6 Å². The maximum Gasteiger partial charge on any atom is 0.236 e. The van der Waals surface area contributed by atoms with Crippen LogP contribution in [-0.2, 0) is 16.1 Å². The molecule has 0 aliphatic rings. The minimum atomic E-state index is -0.252. The molecule has 0 aliphatic heterocycles. The summed E-state index contributed by atoms with van der Waals surface area (Å²) in [5.74, 6) is 0.720. The standard InChI is InChI=1S/C13H22N4O2/c1-10(13(18)15-6-4-8-19-3)16-9-12-5-7-14-11(2)17-12/h5,7,10,16H,4,6,8-9H2,1-3H3,(H,15,18). The molecule has 1 rings (SSSR count). The summed E-state index contributed by atoms with van der Waals surface area (Å²) in [4.78, 5) is 20.0. The molecule has 1 heterocycles. The quantitative estimate of drug-likeness (QED) is 0.667. The van der Waals surface area contributed by atoms with E-state index in [1.165, 1.54) is 0 Å². The molecule has 1 aromatic heterocycles. The van der Waals surface area contributed by atoms with Crippen LogP contribution in [0.15, 0.2) is 12.3 Å². The Kier molecular flexibility index (Phi) is 6.99. The molecular weight excluding hydrogens is 244 g/mol. The first-order chi connectivity index (χ1) is 9.13. The van der Waals surface area contributed by atoms with Gasteiger partial charge in [-0.15, -0.1) is 0 Å². The van der Waals surface area contributed by atoms with E-state index < -0.39 is 0 Å². The summed E-state index contributed by atoms with van der Waals surface area (Å²) in [6, 6.07) is 1.58. The van der Waals surface area contributed by atoms with Gasteiger partial charge in [-0.05, 0) is 26.3 Å². The molecule has 1 atom stereocenters. The number of rotatable bonds is 8. The lowest BCUT2D eigenvalue weighted by molar-refractivity contribution is -0.122. The van der Waals surface area contributed by atoms with Crippen LogP contribution in [0.1, 0.15) is 24.9 Å². The molecule has 1 amide bonds. The number of carbonyl (C=O) groups is 1. The summed E-state index contributed by atoms with van der Waals surface area (Å²) in [7, 11) is 1.65. The Morgan fingerprint density at radius 3 is 3.00 bits per heavy atom. The van der Waals surface area contributed by atoms with E-state index in [9.17, 15) is 4.79 Å². The van der Waals surface area contributed by atoms with Crippen LogP contribution in [0.2, 0.25) is 0 Å². The lowest BCUT2D eigenvalue weighted by atomic mass is 10.3. The molecule has 0 bridgehead atoms. The Bertz CT molecular complexity index is 398. The molecule has 1 aromatic rings. The number of aromatic nitrogens is 2. The fourth-order valence-corrected chi connectivity index (χ4v) is 1.54. The highest BCUT2D eigenvalue weighted by molar-refractivity contribution is 5.81. The lowest BCUT2D eigenvalue weighted by Gasteiger charge is -2.13. The van der Waals surface area contributed by atoms with Gasteiger partial charge in [-0.2, -0.15) is 0 Å². The highest BCUT2D eigenvalue weighted by Crippen LogP contribution is 1.95. The number of carbonyl (C=O) groups excluding carboxylic acids is 1. The van der Waals surface area contributed by atoms with E-state index in [0.717, 1.165) is 17.9 Å². The van der Waals surface area contributed by atoms with Crippen molar-refractivity contribution in [2.75, 3.05) is 20.3 Å². The van der Waals surface area contributed by atoms with E-state index in [2.05, 4.69) is 20.6 Å². The van der Waals surface area contributed by atoms with Crippen molar-refractivity contribution in [1.29, 1.82) is 0 Å². The molecule has 0 spiro atoms. The Hall–Kier alpha value is -1.53. The summed E-state index contributed by atoms with van der Waals surface area (Å²) < 4.78 is 4.92. The highest BCUT2D eigenvalue weighted by Gasteiger charge is 2.11. The maximum atomic E-state index is 11.7. The number of nitrogens with one attached hydrogen (secondary N) is 2. The summed E-state index contributed by atoms with van der Waals surface area (Å²) in [6.07, 6.45) is 2.54. The van der Waals surface area contributed by atoms with Crippen molar-refractivity contribution in [3.8, 4) is 0 Å². The molecule has 0 fully saturated rings. The molecule has 6 heteroatoms. The zero-order chi connectivity index (χ0) is 14.1. The molecule has 19 heavy (non-hydrogen) atoms. The van der Waals surface area contributed by atoms with Gasteiger partial charge in [-0.25, -0.2) is 9.97 Å². The van der Waals surface area contributed by atoms with Gasteiger partial charge >= 0.3 is 0 Å². The van der Waals surface area contributed by atoms with Crippen molar-refractivity contribution in [1.82, 2.24) is 20.6 Å². The van der Waals surface area contributed by atoms with Crippen molar-refractivity contribution in [2.24, 2.45) is 0 Å². The van der Waals surface area contributed by atoms with Crippen LogP contribution in [0.5, 0.6) is 0 Å². The number of methoxy groups -OCH3 is 1. The lowest BCUT2D eigenvalue weighted by Crippen LogP contribution is -2.42. The molecule has 0 aromatic carbocycles. The van der Waals surface area contributed by atoms with Gasteiger partial charge in [-0.3, -0.25) is 4.79 Å². The van der Waals surface area contributed by atoms with E-state index in [0.29, 0.717) is 19.7 Å². The van der Waals surface area contributed by atoms with Crippen LogP contribution in [-0.4, -0.2) is 42.2 Å². The Labute approximate surface area is 114 Å². The summed E-state index contributed by atoms with van der Waals surface area (Å²) in [6.45, 7) is 5.51. The normalized spacial score (nSPS) is 12.2. The van der Waals surface area contributed by atoms with Crippen molar-refractivity contribution in [3.05, 3.63) is 23.8 Å². The van der Waals surface area contributed by atoms with Crippen LogP contribution in [0.25, 0.3) is 0 Å². The van der Waals surface area contributed by atoms with Crippen LogP contribution in [0, 0.1) is 6.92 Å². The van der Waals surface area contributed by atoms with Crippen molar-refractivity contribution in [3.63, 3.8) is 0 Å². The smallest absolute Gasteiger partial charge is 0.236 e. The summed E-state index contributed by atoms with van der Waals surface area (Å²) >= 11 is 0. The third-order valence-electron chi connectivity index (χ3n) is 2.64. The molecule has 106 valence electrons. The van der Waals surface area contributed by atoms with Crippen molar-refractivity contribution < 1.29 is 9.53 Å². The highest BCUT2D eigenvalue weighted by atomic mass is 16.5. The Morgan fingerprint density at radius 1 is 1.53 bits per heavy atom. The monoisotopic (exact) mass is 266 g/mol. The first-order valence-corrected chi connectivity index (χ1v) is 6.42. The summed E-state index contributed by atoms with van der Waals surface area (Å²) in [5, 5.41) is 5.98. The van der Waals surface area contributed by atoms with Gasteiger partial charge in [0.25, 0.3) is 0 Å². The topological polar surface area (TPSA) is 76.1 Å². The molecular formula is C13H22N4O2. The SMILES string of the molecule is COCCCNC(=O)C(C)NCc1ccnc(C)n1. The van der Waals surface area contributed by atoms with E-state index in [1.54, 1.807) is 13.3 Å². The van der Waals surface area contributed by atoms with Crippen LogP contribution in [0.3, 0.4) is 0 Å². The second kappa shape index (κ2) is 8.55. The van der Waals surface area contributed by atoms with Gasteiger partial charge in [-0.1, -0.05) is 0 Å². The average molecular weight is 266 g/mol. The number of nitrogens with zero attached hydrogens (tertiary/aromatic N) is 2. The third kappa shape index (κ3) is 6.26.